The van der Waals surface area contributed by atoms with Crippen molar-refractivity contribution in [3.8, 4) is 5.75 Å². The summed E-state index contributed by atoms with van der Waals surface area (Å²) < 4.78 is 5.74. The summed E-state index contributed by atoms with van der Waals surface area (Å²) in [5.41, 5.74) is 1.69. The fraction of sp³-hybridized carbons (Fsp3) is 0.588. The van der Waals surface area contributed by atoms with Crippen LogP contribution >= 0.6 is 0 Å². The maximum atomic E-state index is 12.4. The van der Waals surface area contributed by atoms with Crippen LogP contribution in [0.1, 0.15) is 44.0 Å². The van der Waals surface area contributed by atoms with Crippen molar-refractivity contribution in [1.82, 2.24) is 4.90 Å². The van der Waals surface area contributed by atoms with Gasteiger partial charge in [0.05, 0.1) is 18.8 Å². The van der Waals surface area contributed by atoms with Gasteiger partial charge in [0, 0.05) is 5.56 Å². The van der Waals surface area contributed by atoms with Crippen LogP contribution in [0.25, 0.3) is 0 Å². The zero-order valence-corrected chi connectivity index (χ0v) is 13.3. The van der Waals surface area contributed by atoms with Crippen LogP contribution in [0.15, 0.2) is 18.2 Å². The van der Waals surface area contributed by atoms with Crippen molar-refractivity contribution in [2.45, 2.75) is 39.7 Å². The minimum atomic E-state index is 0.170. The third kappa shape index (κ3) is 4.21. The van der Waals surface area contributed by atoms with Crippen molar-refractivity contribution >= 4 is 11.5 Å². The number of carbonyl (C=O) groups excluding carboxylic acids is 1. The Bertz CT molecular complexity index is 488. The number of likely N-dealkylation sites (N-methyl/N-ethyl adjacent to an activating group) is 1. The number of carbonyl (C=O) groups is 1. The second-order valence-corrected chi connectivity index (χ2v) is 5.67. The smallest absolute Gasteiger partial charge is 0.176 e. The maximum absolute atomic E-state index is 12.4. The van der Waals surface area contributed by atoms with Gasteiger partial charge in [-0.3, -0.25) is 9.69 Å². The van der Waals surface area contributed by atoms with E-state index in [2.05, 4.69) is 24.1 Å². The van der Waals surface area contributed by atoms with Gasteiger partial charge in [-0.2, -0.15) is 0 Å². The summed E-state index contributed by atoms with van der Waals surface area (Å²) in [6.07, 6.45) is 2.46. The molecule has 0 saturated carbocycles. The molecule has 2 rings (SSSR count). The molecule has 1 heterocycles. The highest BCUT2D eigenvalue weighted by Crippen LogP contribution is 2.30. The third-order valence-corrected chi connectivity index (χ3v) is 3.85. The van der Waals surface area contributed by atoms with E-state index in [4.69, 9.17) is 4.74 Å². The van der Waals surface area contributed by atoms with E-state index in [1.54, 1.807) is 0 Å². The van der Waals surface area contributed by atoms with Crippen molar-refractivity contribution in [3.05, 3.63) is 23.8 Å². The molecule has 21 heavy (non-hydrogen) atoms. The molecular formula is C17H26N2O2. The van der Waals surface area contributed by atoms with Crippen molar-refractivity contribution in [2.24, 2.45) is 0 Å². The van der Waals surface area contributed by atoms with Crippen molar-refractivity contribution in [2.75, 3.05) is 31.5 Å². The second-order valence-electron chi connectivity index (χ2n) is 5.67. The van der Waals surface area contributed by atoms with E-state index in [-0.39, 0.29) is 11.9 Å². The highest BCUT2D eigenvalue weighted by atomic mass is 16.5. The van der Waals surface area contributed by atoms with Crippen LogP contribution in [0.5, 0.6) is 5.75 Å². The summed E-state index contributed by atoms with van der Waals surface area (Å²) >= 11 is 0. The lowest BCUT2D eigenvalue weighted by molar-refractivity contribution is 0.0933. The molecule has 1 aromatic rings. The average Bonchev–Trinajstić information content (AvgIpc) is 2.50. The molecule has 1 N–H and O–H groups in total. The highest BCUT2D eigenvalue weighted by Gasteiger charge is 2.18. The molecule has 1 aromatic carbocycles. The first-order valence-electron chi connectivity index (χ1n) is 7.94. The Kier molecular flexibility index (Phi) is 5.62. The molecule has 0 fully saturated rings. The highest BCUT2D eigenvalue weighted by molar-refractivity contribution is 5.98. The van der Waals surface area contributed by atoms with Crippen molar-refractivity contribution in [1.29, 1.82) is 0 Å². The first-order valence-corrected chi connectivity index (χ1v) is 7.94. The fourth-order valence-corrected chi connectivity index (χ4v) is 2.48. The van der Waals surface area contributed by atoms with E-state index in [1.165, 1.54) is 0 Å². The number of ether oxygens (including phenoxy) is 1. The summed E-state index contributed by atoms with van der Waals surface area (Å²) in [5, 5.41) is 3.32. The SMILES string of the molecule is CCCCN(CC)CC(=O)c1ccc2c(c1)NCC(C)O2. The molecule has 0 aliphatic carbocycles. The van der Waals surface area contributed by atoms with E-state index in [0.29, 0.717) is 6.54 Å². The average molecular weight is 290 g/mol. The first kappa shape index (κ1) is 15.8. The molecule has 1 aliphatic rings. The number of anilines is 1. The number of hydrogen-bond donors (Lipinski definition) is 1. The normalized spacial score (nSPS) is 17.0. The number of hydrogen-bond acceptors (Lipinski definition) is 4. The van der Waals surface area contributed by atoms with Crippen LogP contribution in [-0.4, -0.2) is 43.0 Å². The monoisotopic (exact) mass is 290 g/mol. The molecular weight excluding hydrogens is 264 g/mol. The largest absolute Gasteiger partial charge is 0.487 e. The summed E-state index contributed by atoms with van der Waals surface area (Å²) in [5.74, 6) is 1.01. The molecule has 1 aliphatic heterocycles. The summed E-state index contributed by atoms with van der Waals surface area (Å²) in [4.78, 5) is 14.6. The van der Waals surface area contributed by atoms with E-state index < -0.39 is 0 Å². The number of benzene rings is 1. The Morgan fingerprint density at radius 2 is 2.24 bits per heavy atom. The molecule has 0 saturated heterocycles. The fourth-order valence-electron chi connectivity index (χ4n) is 2.48. The Balaban J connectivity index is 2.02. The van der Waals surface area contributed by atoms with Crippen LogP contribution in [0, 0.1) is 0 Å². The van der Waals surface area contributed by atoms with Gasteiger partial charge in [0.25, 0.3) is 0 Å². The Hall–Kier alpha value is -1.55. The minimum Gasteiger partial charge on any atom is -0.487 e. The van der Waals surface area contributed by atoms with Crippen molar-refractivity contribution in [3.63, 3.8) is 0 Å². The first-order chi connectivity index (χ1) is 10.1. The topological polar surface area (TPSA) is 41.6 Å². The molecule has 1 unspecified atom stereocenters. The van der Waals surface area contributed by atoms with Crippen LogP contribution in [-0.2, 0) is 0 Å². The van der Waals surface area contributed by atoms with Crippen LogP contribution in [0.2, 0.25) is 0 Å². The predicted octanol–water partition coefficient (Wildman–Crippen LogP) is 3.18. The molecule has 4 nitrogen and oxygen atoms in total. The van der Waals surface area contributed by atoms with Gasteiger partial charge >= 0.3 is 0 Å². The number of nitrogens with zero attached hydrogens (tertiary/aromatic N) is 1. The molecule has 0 bridgehead atoms. The summed E-state index contributed by atoms with van der Waals surface area (Å²) in [7, 11) is 0. The van der Waals surface area contributed by atoms with Gasteiger partial charge in [-0.15, -0.1) is 0 Å². The van der Waals surface area contributed by atoms with Gasteiger partial charge in [0.15, 0.2) is 5.78 Å². The second kappa shape index (κ2) is 7.46. The van der Waals surface area contributed by atoms with Gasteiger partial charge in [-0.05, 0) is 44.6 Å². The molecule has 0 amide bonds. The molecule has 0 spiro atoms. The lowest BCUT2D eigenvalue weighted by Crippen LogP contribution is -2.31. The number of rotatable bonds is 7. The van der Waals surface area contributed by atoms with Crippen LogP contribution in [0.4, 0.5) is 5.69 Å². The van der Waals surface area contributed by atoms with Crippen molar-refractivity contribution < 1.29 is 9.53 Å². The lowest BCUT2D eigenvalue weighted by Gasteiger charge is -2.25. The predicted molar refractivity (Wildman–Crippen MR) is 86.4 cm³/mol. The van der Waals surface area contributed by atoms with E-state index in [9.17, 15) is 4.79 Å². The summed E-state index contributed by atoms with van der Waals surface area (Å²) in [6.45, 7) is 9.48. The van der Waals surface area contributed by atoms with E-state index in [0.717, 1.165) is 49.5 Å². The third-order valence-electron chi connectivity index (χ3n) is 3.85. The zero-order valence-electron chi connectivity index (χ0n) is 13.3. The number of Topliss-reactive ketones (excluding diaryl/α,β-unsaturated/α-hetero) is 1. The Labute approximate surface area is 127 Å². The molecule has 1 atom stereocenters. The molecule has 4 heteroatoms. The molecule has 0 radical (unpaired) electrons. The van der Waals surface area contributed by atoms with Gasteiger partial charge < -0.3 is 10.1 Å². The van der Waals surface area contributed by atoms with E-state index >= 15 is 0 Å². The Morgan fingerprint density at radius 3 is 2.95 bits per heavy atom. The standard InChI is InChI=1S/C17H26N2O2/c1-4-6-9-19(5-2)12-16(20)14-7-8-17-15(10-14)18-11-13(3)21-17/h7-8,10,13,18H,4-6,9,11-12H2,1-3H3. The van der Waals surface area contributed by atoms with Gasteiger partial charge in [0.2, 0.25) is 0 Å². The van der Waals surface area contributed by atoms with Gasteiger partial charge in [-0.1, -0.05) is 20.3 Å². The van der Waals surface area contributed by atoms with Gasteiger partial charge in [0.1, 0.15) is 11.9 Å². The van der Waals surface area contributed by atoms with E-state index in [1.807, 2.05) is 25.1 Å². The zero-order chi connectivity index (χ0) is 15.2. The van der Waals surface area contributed by atoms with Gasteiger partial charge in [-0.25, -0.2) is 0 Å². The maximum Gasteiger partial charge on any atom is 0.176 e. The quantitative estimate of drug-likeness (QED) is 0.783. The molecule has 0 aromatic heterocycles. The van der Waals surface area contributed by atoms with Crippen LogP contribution in [0.3, 0.4) is 0 Å². The number of unbranched alkanes of at least 4 members (excludes halogenated alkanes) is 1. The number of fused-ring (bicyclic) bond motifs is 1. The molecule has 116 valence electrons. The van der Waals surface area contributed by atoms with Crippen LogP contribution < -0.4 is 10.1 Å². The number of ketones is 1. The lowest BCUT2D eigenvalue weighted by atomic mass is 10.1. The summed E-state index contributed by atoms with van der Waals surface area (Å²) in [6, 6.07) is 5.68. The number of nitrogens with one attached hydrogen (secondary N) is 1. The minimum absolute atomic E-state index is 0.170. The Morgan fingerprint density at radius 1 is 1.43 bits per heavy atom.